The Bertz CT molecular complexity index is 901. The maximum Gasteiger partial charge on any atom is 0.519 e. The number of hydrogen-bond donors (Lipinski definition) is 0. The number of para-hydroxylation sites is 2. The minimum atomic E-state index is -0.938. The van der Waals surface area contributed by atoms with Crippen molar-refractivity contribution in [2.45, 2.75) is 6.92 Å². The highest BCUT2D eigenvalue weighted by Gasteiger charge is 2.18. The summed E-state index contributed by atoms with van der Waals surface area (Å²) in [6.45, 7) is 1.94. The van der Waals surface area contributed by atoms with E-state index in [0.29, 0.717) is 11.5 Å². The van der Waals surface area contributed by atoms with Gasteiger partial charge in [-0.3, -0.25) is 0 Å². The molecular weight excluding hydrogens is 332 g/mol. The molecule has 0 N–H and O–H groups in total. The van der Waals surface area contributed by atoms with Gasteiger partial charge in [-0.15, -0.1) is 0 Å². The molecule has 0 aliphatic heterocycles. The molecule has 0 aliphatic rings. The molecule has 0 bridgehead atoms. The second kappa shape index (κ2) is 7.98. The van der Waals surface area contributed by atoms with E-state index in [1.165, 1.54) is 12.1 Å². The van der Waals surface area contributed by atoms with Gasteiger partial charge >= 0.3 is 12.1 Å². The predicted molar refractivity (Wildman–Crippen MR) is 95.7 cm³/mol. The van der Waals surface area contributed by atoms with Gasteiger partial charge in [0.25, 0.3) is 0 Å². The fraction of sp³-hybridized carbons (Fsp3) is 0.0476. The van der Waals surface area contributed by atoms with Gasteiger partial charge in [0, 0.05) is 0 Å². The van der Waals surface area contributed by atoms with Gasteiger partial charge < -0.3 is 14.2 Å². The van der Waals surface area contributed by atoms with Gasteiger partial charge in [-0.05, 0) is 43.3 Å². The zero-order valence-electron chi connectivity index (χ0n) is 14.0. The van der Waals surface area contributed by atoms with Crippen LogP contribution in [0.5, 0.6) is 17.2 Å². The first-order chi connectivity index (χ1) is 12.6. The van der Waals surface area contributed by atoms with Gasteiger partial charge in [0.2, 0.25) is 0 Å². The third-order valence-corrected chi connectivity index (χ3v) is 3.48. The fourth-order valence-corrected chi connectivity index (χ4v) is 2.19. The first-order valence-corrected chi connectivity index (χ1v) is 7.94. The molecule has 0 spiro atoms. The van der Waals surface area contributed by atoms with Crippen molar-refractivity contribution in [2.75, 3.05) is 0 Å². The molecule has 0 unspecified atom stereocenters. The quantitative estimate of drug-likeness (QED) is 0.385. The highest BCUT2D eigenvalue weighted by molar-refractivity contribution is 5.94. The number of carbonyl (C=O) groups is 2. The van der Waals surface area contributed by atoms with Gasteiger partial charge in [-0.1, -0.05) is 48.0 Å². The zero-order chi connectivity index (χ0) is 18.4. The molecule has 0 aromatic heterocycles. The van der Waals surface area contributed by atoms with Crippen LogP contribution in [0.4, 0.5) is 4.79 Å². The van der Waals surface area contributed by atoms with Crippen molar-refractivity contribution in [3.05, 3.63) is 90.0 Å². The lowest BCUT2D eigenvalue weighted by atomic mass is 10.2. The van der Waals surface area contributed by atoms with Crippen molar-refractivity contribution in [1.29, 1.82) is 0 Å². The molecule has 0 heterocycles. The molecule has 0 amide bonds. The Morgan fingerprint density at radius 2 is 1.27 bits per heavy atom. The lowest BCUT2D eigenvalue weighted by Crippen LogP contribution is -2.17. The number of ether oxygens (including phenoxy) is 3. The molecule has 0 radical (unpaired) electrons. The van der Waals surface area contributed by atoms with E-state index in [1.54, 1.807) is 54.6 Å². The molecule has 3 rings (SSSR count). The molecule has 26 heavy (non-hydrogen) atoms. The Kier molecular flexibility index (Phi) is 5.29. The SMILES string of the molecule is Cc1ccc(OC(=O)c2ccccc2OC(=O)Oc2ccccc2)cc1. The highest BCUT2D eigenvalue weighted by Crippen LogP contribution is 2.22. The molecule has 0 atom stereocenters. The average molecular weight is 348 g/mol. The van der Waals surface area contributed by atoms with Crippen LogP contribution in [-0.2, 0) is 0 Å². The van der Waals surface area contributed by atoms with E-state index >= 15 is 0 Å². The monoisotopic (exact) mass is 348 g/mol. The van der Waals surface area contributed by atoms with Crippen LogP contribution in [0.3, 0.4) is 0 Å². The molecule has 3 aromatic rings. The van der Waals surface area contributed by atoms with Crippen LogP contribution >= 0.6 is 0 Å². The van der Waals surface area contributed by atoms with Crippen LogP contribution in [0.2, 0.25) is 0 Å². The zero-order valence-corrected chi connectivity index (χ0v) is 14.0. The van der Waals surface area contributed by atoms with Crippen LogP contribution in [0.1, 0.15) is 15.9 Å². The maximum atomic E-state index is 12.4. The smallest absolute Gasteiger partial charge is 0.423 e. The van der Waals surface area contributed by atoms with E-state index in [4.69, 9.17) is 14.2 Å². The van der Waals surface area contributed by atoms with Crippen molar-refractivity contribution >= 4 is 12.1 Å². The second-order valence-corrected chi connectivity index (χ2v) is 5.47. The maximum absolute atomic E-state index is 12.4. The molecule has 130 valence electrons. The molecule has 3 aromatic carbocycles. The summed E-state index contributed by atoms with van der Waals surface area (Å²) < 4.78 is 15.6. The summed E-state index contributed by atoms with van der Waals surface area (Å²) in [6.07, 6.45) is -0.938. The van der Waals surface area contributed by atoms with E-state index in [0.717, 1.165) is 5.56 Å². The molecule has 0 fully saturated rings. The van der Waals surface area contributed by atoms with Crippen LogP contribution < -0.4 is 14.2 Å². The Morgan fingerprint density at radius 3 is 2.00 bits per heavy atom. The first-order valence-electron chi connectivity index (χ1n) is 7.94. The van der Waals surface area contributed by atoms with E-state index in [2.05, 4.69) is 0 Å². The fourth-order valence-electron chi connectivity index (χ4n) is 2.19. The average Bonchev–Trinajstić information content (AvgIpc) is 2.65. The van der Waals surface area contributed by atoms with Crippen molar-refractivity contribution < 1.29 is 23.8 Å². The predicted octanol–water partition coefficient (Wildman–Crippen LogP) is 4.79. The molecular formula is C21H16O5. The van der Waals surface area contributed by atoms with E-state index in [1.807, 2.05) is 19.1 Å². The topological polar surface area (TPSA) is 61.8 Å². The minimum absolute atomic E-state index is 0.0607. The summed E-state index contributed by atoms with van der Waals surface area (Å²) in [5, 5.41) is 0. The number of benzene rings is 3. The summed E-state index contributed by atoms with van der Waals surface area (Å²) in [6, 6.07) is 21.9. The van der Waals surface area contributed by atoms with Gasteiger partial charge in [-0.25, -0.2) is 9.59 Å². The third kappa shape index (κ3) is 4.48. The number of hydrogen-bond acceptors (Lipinski definition) is 5. The van der Waals surface area contributed by atoms with Crippen LogP contribution in [0, 0.1) is 6.92 Å². The molecule has 5 nitrogen and oxygen atoms in total. The van der Waals surface area contributed by atoms with Gasteiger partial charge in [0.1, 0.15) is 22.8 Å². The van der Waals surface area contributed by atoms with E-state index in [-0.39, 0.29) is 11.3 Å². The van der Waals surface area contributed by atoms with Gasteiger partial charge in [-0.2, -0.15) is 0 Å². The van der Waals surface area contributed by atoms with Crippen LogP contribution in [0.15, 0.2) is 78.9 Å². The second-order valence-electron chi connectivity index (χ2n) is 5.47. The Labute approximate surface area is 150 Å². The molecule has 0 saturated heterocycles. The normalized spacial score (nSPS) is 10.0. The number of carbonyl (C=O) groups excluding carboxylic acids is 2. The highest BCUT2D eigenvalue weighted by atomic mass is 16.7. The summed E-state index contributed by atoms with van der Waals surface area (Å²) in [7, 11) is 0. The van der Waals surface area contributed by atoms with Crippen molar-refractivity contribution in [2.24, 2.45) is 0 Å². The van der Waals surface area contributed by atoms with E-state index < -0.39 is 12.1 Å². The number of rotatable bonds is 4. The van der Waals surface area contributed by atoms with Crippen molar-refractivity contribution in [1.82, 2.24) is 0 Å². The Hall–Kier alpha value is -3.60. The largest absolute Gasteiger partial charge is 0.519 e. The summed E-state index contributed by atoms with van der Waals surface area (Å²) in [4.78, 5) is 24.4. The van der Waals surface area contributed by atoms with Crippen molar-refractivity contribution in [3.63, 3.8) is 0 Å². The van der Waals surface area contributed by atoms with Crippen molar-refractivity contribution in [3.8, 4) is 17.2 Å². The molecule has 0 saturated carbocycles. The third-order valence-electron chi connectivity index (χ3n) is 3.48. The summed E-state index contributed by atoms with van der Waals surface area (Å²) >= 11 is 0. The number of aryl methyl sites for hydroxylation is 1. The Morgan fingerprint density at radius 1 is 0.654 bits per heavy atom. The van der Waals surface area contributed by atoms with E-state index in [9.17, 15) is 9.59 Å². The lowest BCUT2D eigenvalue weighted by Gasteiger charge is -2.10. The number of esters is 1. The first kappa shape index (κ1) is 17.2. The standard InChI is InChI=1S/C21H16O5/c1-15-11-13-17(14-12-15)24-20(22)18-9-5-6-10-19(18)26-21(23)25-16-7-3-2-4-8-16/h2-14H,1H3. The van der Waals surface area contributed by atoms with Gasteiger partial charge in [0.15, 0.2) is 0 Å². The Balaban J connectivity index is 1.72. The van der Waals surface area contributed by atoms with Crippen LogP contribution in [-0.4, -0.2) is 12.1 Å². The summed E-state index contributed by atoms with van der Waals surface area (Å²) in [5.74, 6) is 0.182. The van der Waals surface area contributed by atoms with Crippen LogP contribution in [0.25, 0.3) is 0 Å². The lowest BCUT2D eigenvalue weighted by molar-refractivity contribution is 0.0731. The van der Waals surface area contributed by atoms with Gasteiger partial charge in [0.05, 0.1) is 0 Å². The minimum Gasteiger partial charge on any atom is -0.423 e. The molecule has 0 aliphatic carbocycles. The summed E-state index contributed by atoms with van der Waals surface area (Å²) in [5.41, 5.74) is 1.18. The molecule has 5 heteroatoms.